The van der Waals surface area contributed by atoms with Crippen LogP contribution in [-0.2, 0) is 17.6 Å². The highest BCUT2D eigenvalue weighted by atomic mass is 16.5. The number of carbonyl (C=O) groups is 1. The lowest BCUT2D eigenvalue weighted by molar-refractivity contribution is -0.157. The highest BCUT2D eigenvalue weighted by Crippen LogP contribution is 2.43. The summed E-state index contributed by atoms with van der Waals surface area (Å²) in [7, 11) is 0. The van der Waals surface area contributed by atoms with Gasteiger partial charge in [0.1, 0.15) is 35.9 Å². The van der Waals surface area contributed by atoms with Crippen molar-refractivity contribution in [1.29, 1.82) is 0 Å². The number of aliphatic hydroxyl groups excluding tert-OH is 4. The first-order chi connectivity index (χ1) is 14.0. The molecule has 0 radical (unpaired) electrons. The van der Waals surface area contributed by atoms with Gasteiger partial charge < -0.3 is 40.1 Å². The fourth-order valence-corrected chi connectivity index (χ4v) is 4.05. The normalized spacial score (nSPS) is 31.2. The van der Waals surface area contributed by atoms with E-state index in [1.54, 1.807) is 26.0 Å². The molecule has 1 aliphatic heterocycles. The zero-order valence-electron chi connectivity index (χ0n) is 17.1. The molecule has 0 amide bonds. The number of rotatable bonds is 7. The lowest BCUT2D eigenvalue weighted by atomic mass is 9.81. The van der Waals surface area contributed by atoms with Crippen LogP contribution >= 0.6 is 0 Å². The van der Waals surface area contributed by atoms with Gasteiger partial charge in [-0.1, -0.05) is 6.07 Å². The Morgan fingerprint density at radius 1 is 1.20 bits per heavy atom. The summed E-state index contributed by atoms with van der Waals surface area (Å²) in [6.45, 7) is 2.88. The Morgan fingerprint density at radius 3 is 2.50 bits per heavy atom. The topological polar surface area (TPSA) is 157 Å². The van der Waals surface area contributed by atoms with E-state index in [1.807, 2.05) is 0 Å². The standard InChI is InChI=1S/C21H30O9/c1-21(2,28)15-8-12-13(29-15)5-3-10(4-6-16(23)24)20(12)30-14-7-11(9-22)17(25)19(27)18(14)26/h3,5,11,14-15,17-19,22,25-28H,4,6-9H2,1-2H3,(H,23,24). The third kappa shape index (κ3) is 4.55. The van der Waals surface area contributed by atoms with Gasteiger partial charge in [0.25, 0.3) is 0 Å². The third-order valence-corrected chi connectivity index (χ3v) is 5.96. The molecule has 168 valence electrons. The van der Waals surface area contributed by atoms with Crippen molar-refractivity contribution in [2.45, 2.75) is 75.7 Å². The molecule has 0 saturated heterocycles. The fraction of sp³-hybridized carbons (Fsp3) is 0.667. The number of benzene rings is 1. The van der Waals surface area contributed by atoms with Gasteiger partial charge >= 0.3 is 5.97 Å². The summed E-state index contributed by atoms with van der Waals surface area (Å²) >= 11 is 0. The van der Waals surface area contributed by atoms with Crippen molar-refractivity contribution < 1.29 is 44.9 Å². The van der Waals surface area contributed by atoms with Crippen molar-refractivity contribution >= 4 is 5.97 Å². The van der Waals surface area contributed by atoms with Gasteiger partial charge in [-0.2, -0.15) is 0 Å². The highest BCUT2D eigenvalue weighted by Gasteiger charge is 2.45. The number of hydrogen-bond donors (Lipinski definition) is 6. The van der Waals surface area contributed by atoms with Crippen molar-refractivity contribution in [2.24, 2.45) is 5.92 Å². The molecule has 3 rings (SSSR count). The van der Waals surface area contributed by atoms with Gasteiger partial charge in [0.2, 0.25) is 0 Å². The number of hydrogen-bond acceptors (Lipinski definition) is 8. The molecule has 30 heavy (non-hydrogen) atoms. The Kier molecular flexibility index (Phi) is 6.59. The van der Waals surface area contributed by atoms with Crippen LogP contribution in [0.2, 0.25) is 0 Å². The van der Waals surface area contributed by atoms with E-state index < -0.39 is 48.0 Å². The number of carboxylic acids is 1. The minimum Gasteiger partial charge on any atom is -0.487 e. The van der Waals surface area contributed by atoms with E-state index in [2.05, 4.69) is 0 Å². The molecular formula is C21H30O9. The molecule has 9 heteroatoms. The van der Waals surface area contributed by atoms with Crippen LogP contribution in [0.4, 0.5) is 0 Å². The fourth-order valence-electron chi connectivity index (χ4n) is 4.05. The zero-order chi connectivity index (χ0) is 22.2. The van der Waals surface area contributed by atoms with Gasteiger partial charge in [-0.15, -0.1) is 0 Å². The Hall–Kier alpha value is -1.91. The molecule has 1 aromatic carbocycles. The third-order valence-electron chi connectivity index (χ3n) is 5.96. The monoisotopic (exact) mass is 426 g/mol. The minimum atomic E-state index is -1.49. The molecule has 9 nitrogen and oxygen atoms in total. The summed E-state index contributed by atoms with van der Waals surface area (Å²) in [4.78, 5) is 11.1. The van der Waals surface area contributed by atoms with Crippen molar-refractivity contribution in [1.82, 2.24) is 0 Å². The molecule has 0 bridgehead atoms. The van der Waals surface area contributed by atoms with Crippen LogP contribution in [0.3, 0.4) is 0 Å². The molecule has 6 unspecified atom stereocenters. The highest BCUT2D eigenvalue weighted by molar-refractivity contribution is 5.67. The second-order valence-corrected chi connectivity index (χ2v) is 8.69. The molecule has 0 aromatic heterocycles. The summed E-state index contributed by atoms with van der Waals surface area (Å²) in [5, 5.41) is 59.6. The van der Waals surface area contributed by atoms with E-state index >= 15 is 0 Å². The first-order valence-corrected chi connectivity index (χ1v) is 10.1. The van der Waals surface area contributed by atoms with Gasteiger partial charge in [-0.25, -0.2) is 0 Å². The van der Waals surface area contributed by atoms with E-state index in [4.69, 9.17) is 14.6 Å². The Labute approximate surface area is 174 Å². The van der Waals surface area contributed by atoms with Gasteiger partial charge in [0.15, 0.2) is 0 Å². The first-order valence-electron chi connectivity index (χ1n) is 10.1. The van der Waals surface area contributed by atoms with Crippen LogP contribution < -0.4 is 9.47 Å². The van der Waals surface area contributed by atoms with Gasteiger partial charge in [-0.3, -0.25) is 4.79 Å². The Balaban J connectivity index is 1.94. The van der Waals surface area contributed by atoms with Crippen molar-refractivity contribution in [3.63, 3.8) is 0 Å². The summed E-state index contributed by atoms with van der Waals surface area (Å²) in [5.41, 5.74) is 0.132. The second-order valence-electron chi connectivity index (χ2n) is 8.69. The number of ether oxygens (including phenoxy) is 2. The number of aryl methyl sites for hydroxylation is 1. The summed E-state index contributed by atoms with van der Waals surface area (Å²) in [5.74, 6) is -0.790. The maximum Gasteiger partial charge on any atom is 0.303 e. The molecule has 0 spiro atoms. The van der Waals surface area contributed by atoms with E-state index in [1.165, 1.54) is 0 Å². The average Bonchev–Trinajstić information content (AvgIpc) is 3.12. The molecule has 1 fully saturated rings. The summed E-state index contributed by atoms with van der Waals surface area (Å²) < 4.78 is 11.9. The largest absolute Gasteiger partial charge is 0.487 e. The predicted octanol–water partition coefficient (Wildman–Crippen LogP) is -0.380. The molecular weight excluding hydrogens is 396 g/mol. The zero-order valence-corrected chi connectivity index (χ0v) is 17.1. The number of aliphatic hydroxyl groups is 5. The number of aliphatic carboxylic acids is 1. The van der Waals surface area contributed by atoms with Crippen molar-refractivity contribution in [2.75, 3.05) is 6.61 Å². The molecule has 6 atom stereocenters. The molecule has 1 heterocycles. The molecule has 1 saturated carbocycles. The smallest absolute Gasteiger partial charge is 0.303 e. The van der Waals surface area contributed by atoms with Crippen LogP contribution in [0.15, 0.2) is 12.1 Å². The lowest BCUT2D eigenvalue weighted by Crippen LogP contribution is -2.56. The van der Waals surface area contributed by atoms with E-state index in [0.29, 0.717) is 29.0 Å². The second kappa shape index (κ2) is 8.68. The Bertz CT molecular complexity index is 770. The maximum absolute atomic E-state index is 11.1. The van der Waals surface area contributed by atoms with Crippen molar-refractivity contribution in [3.8, 4) is 11.5 Å². The van der Waals surface area contributed by atoms with Crippen LogP contribution in [0.5, 0.6) is 11.5 Å². The van der Waals surface area contributed by atoms with Crippen molar-refractivity contribution in [3.05, 3.63) is 23.3 Å². The number of carboxylic acid groups (broad SMARTS) is 1. The SMILES string of the molecule is CC(C)(O)C1Cc2c(ccc(CCC(=O)O)c2OC2CC(CO)C(O)C(O)C2O)O1. The quantitative estimate of drug-likeness (QED) is 0.342. The lowest BCUT2D eigenvalue weighted by Gasteiger charge is -2.40. The van der Waals surface area contributed by atoms with Crippen LogP contribution in [-0.4, -0.2) is 79.3 Å². The predicted molar refractivity (Wildman–Crippen MR) is 104 cm³/mol. The molecule has 6 N–H and O–H groups in total. The minimum absolute atomic E-state index is 0.105. The average molecular weight is 426 g/mol. The summed E-state index contributed by atoms with van der Waals surface area (Å²) in [6, 6.07) is 3.39. The maximum atomic E-state index is 11.1. The van der Waals surface area contributed by atoms with Gasteiger partial charge in [0.05, 0.1) is 11.7 Å². The van der Waals surface area contributed by atoms with Crippen LogP contribution in [0, 0.1) is 5.92 Å². The van der Waals surface area contributed by atoms with E-state index in [0.717, 1.165) is 0 Å². The van der Waals surface area contributed by atoms with Crippen LogP contribution in [0.1, 0.15) is 37.8 Å². The van der Waals surface area contributed by atoms with E-state index in [9.17, 15) is 30.3 Å². The number of fused-ring (bicyclic) bond motifs is 1. The Morgan fingerprint density at radius 2 is 1.90 bits per heavy atom. The molecule has 1 aromatic rings. The van der Waals surface area contributed by atoms with Gasteiger partial charge in [-0.05, 0) is 38.3 Å². The van der Waals surface area contributed by atoms with E-state index in [-0.39, 0.29) is 25.9 Å². The van der Waals surface area contributed by atoms with Gasteiger partial charge in [0, 0.05) is 30.9 Å². The molecule has 2 aliphatic rings. The van der Waals surface area contributed by atoms with Crippen LogP contribution in [0.25, 0.3) is 0 Å². The first kappa shape index (κ1) is 22.8. The summed E-state index contributed by atoms with van der Waals surface area (Å²) in [6.07, 6.45) is -5.11. The molecule has 1 aliphatic carbocycles.